The van der Waals surface area contributed by atoms with Crippen LogP contribution in [0.4, 0.5) is 0 Å². The Balaban J connectivity index is 2.34. The Morgan fingerprint density at radius 3 is 2.54 bits per heavy atom. The molecule has 0 spiro atoms. The minimum Gasteiger partial charge on any atom is -0.493 e. The standard InChI is InChI=1S/C20H21NO3/c1-4-24-16-8-6-5-7-14(16)20-15(11-17(22)23)18-12(2)9-10-13(3)19(18)21-20/h5-10,21H,4,11H2,1-3H3,(H,22,23). The molecule has 0 saturated carbocycles. The van der Waals surface area contributed by atoms with Crippen molar-refractivity contribution in [2.45, 2.75) is 27.2 Å². The summed E-state index contributed by atoms with van der Waals surface area (Å²) in [5, 5.41) is 10.4. The number of H-pyrrole nitrogens is 1. The number of rotatable bonds is 5. The lowest BCUT2D eigenvalue weighted by molar-refractivity contribution is -0.136. The Labute approximate surface area is 141 Å². The molecule has 0 amide bonds. The highest BCUT2D eigenvalue weighted by molar-refractivity contribution is 5.98. The lowest BCUT2D eigenvalue weighted by Gasteiger charge is -2.10. The number of carboxylic acids is 1. The van der Waals surface area contributed by atoms with Crippen molar-refractivity contribution >= 4 is 16.9 Å². The van der Waals surface area contributed by atoms with E-state index in [2.05, 4.69) is 11.1 Å². The topological polar surface area (TPSA) is 62.3 Å². The van der Waals surface area contributed by atoms with Gasteiger partial charge in [-0.3, -0.25) is 4.79 Å². The van der Waals surface area contributed by atoms with Crippen molar-refractivity contribution in [1.29, 1.82) is 0 Å². The molecular weight excluding hydrogens is 302 g/mol. The summed E-state index contributed by atoms with van der Waals surface area (Å²) in [6.07, 6.45) is -0.0277. The molecule has 0 aliphatic rings. The molecule has 2 N–H and O–H groups in total. The van der Waals surface area contributed by atoms with Crippen molar-refractivity contribution < 1.29 is 14.6 Å². The van der Waals surface area contributed by atoms with E-state index in [0.29, 0.717) is 6.61 Å². The Morgan fingerprint density at radius 2 is 1.83 bits per heavy atom. The molecule has 0 aliphatic carbocycles. The summed E-state index contributed by atoms with van der Waals surface area (Å²) in [4.78, 5) is 14.9. The first-order valence-corrected chi connectivity index (χ1v) is 8.07. The summed E-state index contributed by atoms with van der Waals surface area (Å²) in [5.41, 5.74) is 5.70. The van der Waals surface area contributed by atoms with E-state index in [1.54, 1.807) is 0 Å². The van der Waals surface area contributed by atoms with Crippen LogP contribution in [0.3, 0.4) is 0 Å². The zero-order chi connectivity index (χ0) is 17.3. The number of carboxylic acid groups (broad SMARTS) is 1. The second kappa shape index (κ2) is 6.40. The van der Waals surface area contributed by atoms with Gasteiger partial charge in [-0.25, -0.2) is 0 Å². The van der Waals surface area contributed by atoms with Crippen molar-refractivity contribution in [3.8, 4) is 17.0 Å². The summed E-state index contributed by atoms with van der Waals surface area (Å²) < 4.78 is 5.74. The largest absolute Gasteiger partial charge is 0.493 e. The molecule has 0 radical (unpaired) electrons. The number of carbonyl (C=O) groups is 1. The summed E-state index contributed by atoms with van der Waals surface area (Å²) in [6, 6.07) is 11.8. The van der Waals surface area contributed by atoms with Gasteiger partial charge in [0, 0.05) is 16.5 Å². The predicted molar refractivity (Wildman–Crippen MR) is 95.7 cm³/mol. The SMILES string of the molecule is CCOc1ccccc1-c1[nH]c2c(C)ccc(C)c2c1CC(=O)O. The minimum absolute atomic E-state index is 0.0277. The second-order valence-corrected chi connectivity index (χ2v) is 5.93. The van der Waals surface area contributed by atoms with Crippen LogP contribution in [-0.4, -0.2) is 22.7 Å². The van der Waals surface area contributed by atoms with Crippen LogP contribution in [-0.2, 0) is 11.2 Å². The van der Waals surface area contributed by atoms with Gasteiger partial charge in [0.25, 0.3) is 0 Å². The van der Waals surface area contributed by atoms with Gasteiger partial charge in [0.2, 0.25) is 0 Å². The molecule has 24 heavy (non-hydrogen) atoms. The number of aromatic nitrogens is 1. The molecular formula is C20H21NO3. The average molecular weight is 323 g/mol. The Hall–Kier alpha value is -2.75. The molecule has 0 atom stereocenters. The average Bonchev–Trinajstić information content (AvgIpc) is 2.92. The maximum absolute atomic E-state index is 11.5. The Morgan fingerprint density at radius 1 is 1.12 bits per heavy atom. The summed E-state index contributed by atoms with van der Waals surface area (Å²) in [6.45, 7) is 6.54. The molecule has 0 unspecified atom stereocenters. The van der Waals surface area contributed by atoms with Crippen LogP contribution in [0.1, 0.15) is 23.6 Å². The van der Waals surface area contributed by atoms with E-state index < -0.39 is 5.97 Å². The molecule has 4 nitrogen and oxygen atoms in total. The van der Waals surface area contributed by atoms with E-state index >= 15 is 0 Å². The van der Waals surface area contributed by atoms with Crippen LogP contribution in [0, 0.1) is 13.8 Å². The van der Waals surface area contributed by atoms with Crippen molar-refractivity contribution in [2.75, 3.05) is 6.61 Å². The quantitative estimate of drug-likeness (QED) is 0.728. The van der Waals surface area contributed by atoms with E-state index in [9.17, 15) is 9.90 Å². The van der Waals surface area contributed by atoms with Gasteiger partial charge in [-0.2, -0.15) is 0 Å². The highest BCUT2D eigenvalue weighted by Gasteiger charge is 2.20. The smallest absolute Gasteiger partial charge is 0.307 e. The number of ether oxygens (including phenoxy) is 1. The summed E-state index contributed by atoms with van der Waals surface area (Å²) in [7, 11) is 0. The van der Waals surface area contributed by atoms with E-state index in [1.165, 1.54) is 0 Å². The second-order valence-electron chi connectivity index (χ2n) is 5.93. The van der Waals surface area contributed by atoms with Gasteiger partial charge in [-0.05, 0) is 49.6 Å². The summed E-state index contributed by atoms with van der Waals surface area (Å²) >= 11 is 0. The van der Waals surface area contributed by atoms with Crippen LogP contribution in [0.15, 0.2) is 36.4 Å². The number of aromatic amines is 1. The third kappa shape index (κ3) is 2.75. The van der Waals surface area contributed by atoms with E-state index in [4.69, 9.17) is 4.74 Å². The Kier molecular flexibility index (Phi) is 4.30. The molecule has 0 saturated heterocycles. The number of aliphatic carboxylic acids is 1. The van der Waals surface area contributed by atoms with Crippen LogP contribution >= 0.6 is 0 Å². The first-order valence-electron chi connectivity index (χ1n) is 8.07. The number of hydrogen-bond acceptors (Lipinski definition) is 2. The van der Waals surface area contributed by atoms with Crippen molar-refractivity contribution in [3.05, 3.63) is 53.1 Å². The number of para-hydroxylation sites is 1. The van der Waals surface area contributed by atoms with E-state index in [0.717, 1.165) is 44.6 Å². The predicted octanol–water partition coefficient (Wildman–Crippen LogP) is 4.48. The first-order chi connectivity index (χ1) is 11.5. The lowest BCUT2D eigenvalue weighted by atomic mass is 9.98. The van der Waals surface area contributed by atoms with Gasteiger partial charge in [-0.15, -0.1) is 0 Å². The zero-order valence-electron chi connectivity index (χ0n) is 14.1. The van der Waals surface area contributed by atoms with Gasteiger partial charge in [0.1, 0.15) is 5.75 Å². The molecule has 0 bridgehead atoms. The van der Waals surface area contributed by atoms with Crippen molar-refractivity contribution in [3.63, 3.8) is 0 Å². The number of fused-ring (bicyclic) bond motifs is 1. The number of nitrogens with one attached hydrogen (secondary N) is 1. The monoisotopic (exact) mass is 323 g/mol. The highest BCUT2D eigenvalue weighted by Crippen LogP contribution is 2.38. The molecule has 0 aliphatic heterocycles. The van der Waals surface area contributed by atoms with Crippen LogP contribution in [0.2, 0.25) is 0 Å². The maximum atomic E-state index is 11.5. The normalized spacial score (nSPS) is 11.0. The van der Waals surface area contributed by atoms with Crippen LogP contribution in [0.5, 0.6) is 5.75 Å². The number of benzene rings is 2. The molecule has 0 fully saturated rings. The van der Waals surface area contributed by atoms with Crippen LogP contribution < -0.4 is 4.74 Å². The van der Waals surface area contributed by atoms with E-state index in [1.807, 2.05) is 51.1 Å². The molecule has 4 heteroatoms. The molecule has 1 aromatic heterocycles. The van der Waals surface area contributed by atoms with Gasteiger partial charge >= 0.3 is 5.97 Å². The molecule has 3 rings (SSSR count). The zero-order valence-corrected chi connectivity index (χ0v) is 14.1. The third-order valence-electron chi connectivity index (χ3n) is 4.26. The molecule has 3 aromatic rings. The van der Waals surface area contributed by atoms with Crippen molar-refractivity contribution in [2.24, 2.45) is 0 Å². The first kappa shape index (κ1) is 16.1. The summed E-state index contributed by atoms with van der Waals surface area (Å²) in [5.74, 6) is -0.0829. The maximum Gasteiger partial charge on any atom is 0.307 e. The fourth-order valence-corrected chi connectivity index (χ4v) is 3.20. The van der Waals surface area contributed by atoms with Crippen molar-refractivity contribution in [1.82, 2.24) is 4.98 Å². The number of hydrogen-bond donors (Lipinski definition) is 2. The van der Waals surface area contributed by atoms with Gasteiger partial charge in [0.05, 0.1) is 18.7 Å². The minimum atomic E-state index is -0.841. The lowest BCUT2D eigenvalue weighted by Crippen LogP contribution is -2.02. The fraction of sp³-hybridized carbons (Fsp3) is 0.250. The van der Waals surface area contributed by atoms with Crippen LogP contribution in [0.25, 0.3) is 22.2 Å². The van der Waals surface area contributed by atoms with Gasteiger partial charge in [-0.1, -0.05) is 24.3 Å². The fourth-order valence-electron chi connectivity index (χ4n) is 3.20. The van der Waals surface area contributed by atoms with Gasteiger partial charge in [0.15, 0.2) is 0 Å². The number of aryl methyl sites for hydroxylation is 2. The molecule has 124 valence electrons. The van der Waals surface area contributed by atoms with Gasteiger partial charge < -0.3 is 14.8 Å². The third-order valence-corrected chi connectivity index (χ3v) is 4.26. The molecule has 1 heterocycles. The highest BCUT2D eigenvalue weighted by atomic mass is 16.5. The molecule has 2 aromatic carbocycles. The Bertz CT molecular complexity index is 909. The van der Waals surface area contributed by atoms with E-state index in [-0.39, 0.29) is 6.42 Å².